The Morgan fingerprint density at radius 1 is 1.58 bits per heavy atom. The molecule has 1 heterocycles. The lowest BCUT2D eigenvalue weighted by Crippen LogP contribution is -2.18. The first kappa shape index (κ1) is 9.59. The van der Waals surface area contributed by atoms with Crippen LogP contribution in [0, 0.1) is 5.92 Å². The fourth-order valence-corrected chi connectivity index (χ4v) is 1.43. The van der Waals surface area contributed by atoms with Crippen LogP contribution in [0.1, 0.15) is 26.2 Å². The van der Waals surface area contributed by atoms with Crippen LogP contribution in [0.25, 0.3) is 0 Å². The Morgan fingerprint density at radius 2 is 2.50 bits per heavy atom. The molecule has 0 bridgehead atoms. The molecule has 1 unspecified atom stereocenters. The van der Waals surface area contributed by atoms with Gasteiger partial charge in [0.15, 0.2) is 0 Å². The van der Waals surface area contributed by atoms with E-state index < -0.39 is 0 Å². The summed E-state index contributed by atoms with van der Waals surface area (Å²) in [6.07, 6.45) is 7.32. The van der Waals surface area contributed by atoms with Crippen molar-refractivity contribution in [3.05, 3.63) is 12.3 Å². The van der Waals surface area contributed by atoms with Crippen molar-refractivity contribution in [3.63, 3.8) is 0 Å². The third-order valence-electron chi connectivity index (χ3n) is 2.13. The van der Waals surface area contributed by atoms with Crippen molar-refractivity contribution in [2.24, 2.45) is 5.92 Å². The van der Waals surface area contributed by atoms with Crippen LogP contribution in [0.5, 0.6) is 0 Å². The largest absolute Gasteiger partial charge is 0.502 e. The van der Waals surface area contributed by atoms with Crippen LogP contribution < -0.4 is 0 Å². The molecule has 0 spiro atoms. The van der Waals surface area contributed by atoms with E-state index >= 15 is 0 Å². The van der Waals surface area contributed by atoms with Crippen molar-refractivity contribution in [1.29, 1.82) is 0 Å². The van der Waals surface area contributed by atoms with Gasteiger partial charge in [-0.15, -0.1) is 0 Å². The third kappa shape index (κ3) is 3.77. The first-order valence-electron chi connectivity index (χ1n) is 4.74. The molecule has 0 amide bonds. The number of hydrogen-bond acceptors (Lipinski definition) is 2. The molecule has 1 fully saturated rings. The van der Waals surface area contributed by atoms with Gasteiger partial charge >= 0.3 is 0 Å². The lowest BCUT2D eigenvalue weighted by molar-refractivity contribution is 0.0434. The maximum absolute atomic E-state index is 5.37. The van der Waals surface area contributed by atoms with Gasteiger partial charge in [-0.2, -0.15) is 0 Å². The monoisotopic (exact) mass is 170 g/mol. The molecule has 0 aromatic carbocycles. The molecule has 1 atom stereocenters. The normalized spacial score (nSPS) is 24.6. The van der Waals surface area contributed by atoms with E-state index in [0.717, 1.165) is 32.2 Å². The van der Waals surface area contributed by atoms with Gasteiger partial charge < -0.3 is 9.47 Å². The number of rotatable bonds is 4. The quantitative estimate of drug-likeness (QED) is 0.476. The Morgan fingerprint density at radius 3 is 3.17 bits per heavy atom. The van der Waals surface area contributed by atoms with E-state index in [4.69, 9.17) is 9.47 Å². The highest BCUT2D eigenvalue weighted by molar-refractivity contribution is 4.67. The second-order valence-corrected chi connectivity index (χ2v) is 3.21. The summed E-state index contributed by atoms with van der Waals surface area (Å²) < 4.78 is 10.6. The van der Waals surface area contributed by atoms with Crippen LogP contribution >= 0.6 is 0 Å². The van der Waals surface area contributed by atoms with Crippen LogP contribution in [0.15, 0.2) is 12.3 Å². The first-order valence-corrected chi connectivity index (χ1v) is 4.74. The minimum absolute atomic E-state index is 0.726. The molecule has 1 saturated heterocycles. The SMILES string of the molecule is C/C=C/OCCC1CCCOC1. The van der Waals surface area contributed by atoms with Crippen molar-refractivity contribution in [1.82, 2.24) is 0 Å². The van der Waals surface area contributed by atoms with Crippen LogP contribution in [0.3, 0.4) is 0 Å². The van der Waals surface area contributed by atoms with E-state index in [2.05, 4.69) is 0 Å². The summed E-state index contributed by atoms with van der Waals surface area (Å²) in [6, 6.07) is 0. The van der Waals surface area contributed by atoms with E-state index in [9.17, 15) is 0 Å². The lowest BCUT2D eigenvalue weighted by atomic mass is 9.99. The first-order chi connectivity index (χ1) is 5.93. The summed E-state index contributed by atoms with van der Waals surface area (Å²) in [6.45, 7) is 4.67. The molecule has 0 aromatic rings. The standard InChI is InChI=1S/C10H18O2/c1-2-6-11-8-5-10-4-3-7-12-9-10/h2,6,10H,3-5,7-9H2,1H3/b6-2+. The molecule has 1 rings (SSSR count). The molecule has 0 saturated carbocycles. The van der Waals surface area contributed by atoms with E-state index in [-0.39, 0.29) is 0 Å². The number of allylic oxidation sites excluding steroid dienone is 1. The minimum atomic E-state index is 0.726. The average Bonchev–Trinajstić information content (AvgIpc) is 2.14. The highest BCUT2D eigenvalue weighted by atomic mass is 16.5. The average molecular weight is 170 g/mol. The molecule has 0 N–H and O–H groups in total. The Bertz CT molecular complexity index is 126. The predicted molar refractivity (Wildman–Crippen MR) is 48.9 cm³/mol. The van der Waals surface area contributed by atoms with Gasteiger partial charge in [0.05, 0.1) is 12.9 Å². The zero-order chi connectivity index (χ0) is 8.65. The molecule has 1 aliphatic rings. The van der Waals surface area contributed by atoms with Crippen molar-refractivity contribution >= 4 is 0 Å². The lowest BCUT2D eigenvalue weighted by Gasteiger charge is -2.21. The third-order valence-corrected chi connectivity index (χ3v) is 2.13. The van der Waals surface area contributed by atoms with Gasteiger partial charge in [-0.1, -0.05) is 6.08 Å². The second-order valence-electron chi connectivity index (χ2n) is 3.21. The molecule has 2 nitrogen and oxygen atoms in total. The van der Waals surface area contributed by atoms with E-state index in [1.54, 1.807) is 6.26 Å². The van der Waals surface area contributed by atoms with Crippen molar-refractivity contribution < 1.29 is 9.47 Å². The highest BCUT2D eigenvalue weighted by Gasteiger charge is 2.12. The fourth-order valence-electron chi connectivity index (χ4n) is 1.43. The Kier molecular flexibility index (Phi) is 4.85. The summed E-state index contributed by atoms with van der Waals surface area (Å²) in [5, 5.41) is 0. The molecule has 12 heavy (non-hydrogen) atoms. The highest BCUT2D eigenvalue weighted by Crippen LogP contribution is 2.16. The molecule has 1 aliphatic heterocycles. The van der Waals surface area contributed by atoms with Crippen LogP contribution in [-0.4, -0.2) is 19.8 Å². The Hall–Kier alpha value is -0.500. The summed E-state index contributed by atoms with van der Waals surface area (Å²) >= 11 is 0. The van der Waals surface area contributed by atoms with Gasteiger partial charge in [0.1, 0.15) is 0 Å². The number of ether oxygens (including phenoxy) is 2. The predicted octanol–water partition coefficient (Wildman–Crippen LogP) is 2.35. The van der Waals surface area contributed by atoms with Crippen molar-refractivity contribution in [3.8, 4) is 0 Å². The summed E-state index contributed by atoms with van der Waals surface area (Å²) in [4.78, 5) is 0. The molecule has 0 aliphatic carbocycles. The van der Waals surface area contributed by atoms with Gasteiger partial charge in [-0.25, -0.2) is 0 Å². The Labute approximate surface area is 74.6 Å². The zero-order valence-electron chi connectivity index (χ0n) is 7.79. The van der Waals surface area contributed by atoms with Gasteiger partial charge in [0.25, 0.3) is 0 Å². The molecule has 70 valence electrons. The number of hydrogen-bond donors (Lipinski definition) is 0. The molecular weight excluding hydrogens is 152 g/mol. The molecule has 0 aromatic heterocycles. The summed E-state index contributed by atoms with van der Waals surface area (Å²) in [7, 11) is 0. The minimum Gasteiger partial charge on any atom is -0.502 e. The van der Waals surface area contributed by atoms with E-state index in [1.807, 2.05) is 13.0 Å². The molecule has 2 heteroatoms. The van der Waals surface area contributed by atoms with E-state index in [1.165, 1.54) is 12.8 Å². The summed E-state index contributed by atoms with van der Waals surface area (Å²) in [5.74, 6) is 0.726. The van der Waals surface area contributed by atoms with Crippen molar-refractivity contribution in [2.45, 2.75) is 26.2 Å². The maximum Gasteiger partial charge on any atom is 0.0876 e. The van der Waals surface area contributed by atoms with Gasteiger partial charge in [-0.05, 0) is 32.1 Å². The maximum atomic E-state index is 5.37. The van der Waals surface area contributed by atoms with E-state index in [0.29, 0.717) is 0 Å². The second kappa shape index (κ2) is 6.06. The molecule has 0 radical (unpaired) electrons. The Balaban J connectivity index is 1.97. The van der Waals surface area contributed by atoms with Gasteiger partial charge in [0, 0.05) is 13.2 Å². The zero-order valence-corrected chi connectivity index (χ0v) is 7.79. The van der Waals surface area contributed by atoms with Gasteiger partial charge in [0.2, 0.25) is 0 Å². The van der Waals surface area contributed by atoms with Crippen LogP contribution in [-0.2, 0) is 9.47 Å². The van der Waals surface area contributed by atoms with Crippen LogP contribution in [0.2, 0.25) is 0 Å². The molecular formula is C10H18O2. The summed E-state index contributed by atoms with van der Waals surface area (Å²) in [5.41, 5.74) is 0. The smallest absolute Gasteiger partial charge is 0.0876 e. The van der Waals surface area contributed by atoms with Gasteiger partial charge in [-0.3, -0.25) is 0 Å². The van der Waals surface area contributed by atoms with Crippen LogP contribution in [0.4, 0.5) is 0 Å². The van der Waals surface area contributed by atoms with Crippen molar-refractivity contribution in [2.75, 3.05) is 19.8 Å². The topological polar surface area (TPSA) is 18.5 Å². The fraction of sp³-hybridized carbons (Fsp3) is 0.800.